The summed E-state index contributed by atoms with van der Waals surface area (Å²) >= 11 is 0. The summed E-state index contributed by atoms with van der Waals surface area (Å²) in [5.74, 6) is 0.470. The molecular weight excluding hydrogens is 569 g/mol. The molecule has 45 heavy (non-hydrogen) atoms. The Morgan fingerprint density at radius 1 is 1.02 bits per heavy atom. The number of para-hydroxylation sites is 3. The predicted molar refractivity (Wildman–Crippen MR) is 177 cm³/mol. The van der Waals surface area contributed by atoms with E-state index < -0.39 is 5.82 Å². The summed E-state index contributed by atoms with van der Waals surface area (Å²) < 4.78 is 22.9. The van der Waals surface area contributed by atoms with Crippen LogP contribution in [0, 0.1) is 12.7 Å². The Bertz CT molecular complexity index is 2160. The molecule has 1 N–H and O–H groups in total. The van der Waals surface area contributed by atoms with Crippen LogP contribution >= 0.6 is 0 Å². The van der Waals surface area contributed by atoms with Crippen molar-refractivity contribution >= 4 is 39.6 Å². The quantitative estimate of drug-likeness (QED) is 0.188. The minimum Gasteiger partial charge on any atom is -0.496 e. The number of anilines is 1. The molecule has 6 rings (SSSR count). The highest BCUT2D eigenvalue weighted by molar-refractivity contribution is 6.00. The van der Waals surface area contributed by atoms with Crippen LogP contribution in [-0.4, -0.2) is 33.5 Å². The van der Waals surface area contributed by atoms with Crippen molar-refractivity contribution in [2.45, 2.75) is 33.2 Å². The van der Waals surface area contributed by atoms with Crippen molar-refractivity contribution in [3.8, 4) is 17.1 Å². The molecule has 226 valence electrons. The minimum absolute atomic E-state index is 0.0472. The van der Waals surface area contributed by atoms with Crippen molar-refractivity contribution in [2.24, 2.45) is 5.10 Å². The van der Waals surface area contributed by atoms with Gasteiger partial charge in [-0.05, 0) is 66.4 Å². The summed E-state index contributed by atoms with van der Waals surface area (Å²) in [6.07, 6.45) is 3.40. The van der Waals surface area contributed by atoms with Crippen molar-refractivity contribution in [3.05, 3.63) is 124 Å². The zero-order valence-corrected chi connectivity index (χ0v) is 25.4. The number of ether oxygens (including phenoxy) is 1. The van der Waals surface area contributed by atoms with E-state index in [2.05, 4.69) is 19.2 Å². The summed E-state index contributed by atoms with van der Waals surface area (Å²) in [6, 6.07) is 24.8. The summed E-state index contributed by atoms with van der Waals surface area (Å²) in [6.45, 7) is 6.08. The van der Waals surface area contributed by atoms with Gasteiger partial charge in [-0.3, -0.25) is 9.59 Å². The molecule has 8 nitrogen and oxygen atoms in total. The lowest BCUT2D eigenvalue weighted by Gasteiger charge is -2.17. The third-order valence-electron chi connectivity index (χ3n) is 7.79. The maximum atomic E-state index is 14.1. The van der Waals surface area contributed by atoms with E-state index in [9.17, 15) is 14.0 Å². The second-order valence-corrected chi connectivity index (χ2v) is 11.1. The molecule has 0 fully saturated rings. The Hall–Kier alpha value is -5.57. The summed E-state index contributed by atoms with van der Waals surface area (Å²) in [4.78, 5) is 31.7. The predicted octanol–water partition coefficient (Wildman–Crippen LogP) is 7.12. The third-order valence-corrected chi connectivity index (χ3v) is 7.79. The molecule has 0 unspecified atom stereocenters. The van der Waals surface area contributed by atoms with Gasteiger partial charge in [-0.25, -0.2) is 9.37 Å². The average Bonchev–Trinajstić information content (AvgIpc) is 3.38. The standard InChI is InChI=1S/C36H32FN5O3/c1-22(2)27-18-28(23(3)17-33(27)45-4)35-40-30-14-8-5-12-26(30)36(44)42(35)38-19-24-20-41(32-16-10-6-11-25(24)32)21-34(43)39-31-15-9-7-13-29(31)37/h5-20,22H,21H2,1-4H3,(H,39,43). The van der Waals surface area contributed by atoms with Crippen LogP contribution in [0.3, 0.4) is 0 Å². The monoisotopic (exact) mass is 601 g/mol. The number of nitrogens with one attached hydrogen (secondary N) is 1. The second kappa shape index (κ2) is 12.2. The fraction of sp³-hybridized carbons (Fsp3) is 0.167. The van der Waals surface area contributed by atoms with Crippen molar-refractivity contribution in [1.29, 1.82) is 0 Å². The number of carbonyl (C=O) groups is 1. The molecule has 2 aromatic heterocycles. The Morgan fingerprint density at radius 3 is 2.49 bits per heavy atom. The molecule has 1 amide bonds. The number of benzene rings is 4. The molecule has 2 heterocycles. The number of amides is 1. The van der Waals surface area contributed by atoms with E-state index in [1.54, 1.807) is 48.4 Å². The van der Waals surface area contributed by atoms with Gasteiger partial charge < -0.3 is 14.6 Å². The minimum atomic E-state index is -0.506. The van der Waals surface area contributed by atoms with Gasteiger partial charge in [0.25, 0.3) is 5.56 Å². The van der Waals surface area contributed by atoms with Gasteiger partial charge in [0.15, 0.2) is 5.82 Å². The maximum absolute atomic E-state index is 14.1. The first-order chi connectivity index (χ1) is 21.7. The number of halogens is 1. The van der Waals surface area contributed by atoms with Crippen molar-refractivity contribution < 1.29 is 13.9 Å². The van der Waals surface area contributed by atoms with E-state index in [-0.39, 0.29) is 29.6 Å². The van der Waals surface area contributed by atoms with E-state index in [0.29, 0.717) is 22.3 Å². The Morgan fingerprint density at radius 2 is 1.73 bits per heavy atom. The highest BCUT2D eigenvalue weighted by Crippen LogP contribution is 2.34. The SMILES string of the molecule is COc1cc(C)c(-c2nc3ccccc3c(=O)n2N=Cc2cn(CC(=O)Nc3ccccc3F)c3ccccc23)cc1C(C)C. The zero-order valence-electron chi connectivity index (χ0n) is 25.4. The van der Waals surface area contributed by atoms with Crippen LogP contribution < -0.4 is 15.6 Å². The van der Waals surface area contributed by atoms with Crippen LogP contribution in [0.2, 0.25) is 0 Å². The molecule has 0 spiro atoms. The fourth-order valence-electron chi connectivity index (χ4n) is 5.51. The average molecular weight is 602 g/mol. The van der Waals surface area contributed by atoms with Crippen LogP contribution in [0.15, 0.2) is 101 Å². The number of aryl methyl sites for hydroxylation is 1. The Labute approximate surface area is 259 Å². The lowest BCUT2D eigenvalue weighted by molar-refractivity contribution is -0.116. The van der Waals surface area contributed by atoms with Crippen LogP contribution in [0.25, 0.3) is 33.2 Å². The topological polar surface area (TPSA) is 90.5 Å². The molecule has 4 aromatic carbocycles. The van der Waals surface area contributed by atoms with E-state index in [0.717, 1.165) is 33.3 Å². The van der Waals surface area contributed by atoms with Gasteiger partial charge in [0, 0.05) is 28.2 Å². The highest BCUT2D eigenvalue weighted by atomic mass is 19.1. The van der Waals surface area contributed by atoms with Crippen LogP contribution in [0.5, 0.6) is 5.75 Å². The van der Waals surface area contributed by atoms with E-state index in [1.807, 2.05) is 55.5 Å². The van der Waals surface area contributed by atoms with Gasteiger partial charge in [-0.15, -0.1) is 0 Å². The van der Waals surface area contributed by atoms with Gasteiger partial charge in [-0.1, -0.05) is 56.3 Å². The molecule has 0 atom stereocenters. The molecule has 9 heteroatoms. The van der Waals surface area contributed by atoms with E-state index >= 15 is 0 Å². The first-order valence-electron chi connectivity index (χ1n) is 14.6. The number of hydrogen-bond acceptors (Lipinski definition) is 5. The Kier molecular flexibility index (Phi) is 8.00. The van der Waals surface area contributed by atoms with Crippen LogP contribution in [0.1, 0.15) is 36.5 Å². The molecular formula is C36H32FN5O3. The third kappa shape index (κ3) is 5.72. The number of rotatable bonds is 8. The normalized spacial score (nSPS) is 11.6. The van der Waals surface area contributed by atoms with E-state index in [1.165, 1.54) is 16.8 Å². The Balaban J connectivity index is 1.45. The van der Waals surface area contributed by atoms with Gasteiger partial charge in [0.1, 0.15) is 18.1 Å². The van der Waals surface area contributed by atoms with Gasteiger partial charge >= 0.3 is 0 Å². The smallest absolute Gasteiger partial charge is 0.282 e. The molecule has 0 aliphatic rings. The number of hydrogen-bond donors (Lipinski definition) is 1. The largest absolute Gasteiger partial charge is 0.496 e. The summed E-state index contributed by atoms with van der Waals surface area (Å²) in [7, 11) is 1.65. The zero-order chi connectivity index (χ0) is 31.7. The maximum Gasteiger partial charge on any atom is 0.282 e. The number of nitrogens with zero attached hydrogens (tertiary/aromatic N) is 4. The summed E-state index contributed by atoms with van der Waals surface area (Å²) in [5, 5.41) is 8.62. The molecule has 0 aliphatic heterocycles. The van der Waals surface area contributed by atoms with Crippen molar-refractivity contribution in [2.75, 3.05) is 12.4 Å². The van der Waals surface area contributed by atoms with Crippen LogP contribution in [0.4, 0.5) is 10.1 Å². The van der Waals surface area contributed by atoms with Gasteiger partial charge in [0.05, 0.1) is 29.9 Å². The lowest BCUT2D eigenvalue weighted by Crippen LogP contribution is -2.21. The lowest BCUT2D eigenvalue weighted by atomic mass is 9.96. The van der Waals surface area contributed by atoms with E-state index in [4.69, 9.17) is 14.8 Å². The van der Waals surface area contributed by atoms with Crippen molar-refractivity contribution in [1.82, 2.24) is 14.2 Å². The second-order valence-electron chi connectivity index (χ2n) is 11.1. The molecule has 0 bridgehead atoms. The molecule has 0 radical (unpaired) electrons. The van der Waals surface area contributed by atoms with Gasteiger partial charge in [-0.2, -0.15) is 9.78 Å². The molecule has 0 saturated carbocycles. The fourth-order valence-corrected chi connectivity index (χ4v) is 5.51. The van der Waals surface area contributed by atoms with Crippen LogP contribution in [-0.2, 0) is 11.3 Å². The number of aromatic nitrogens is 3. The first-order valence-corrected chi connectivity index (χ1v) is 14.6. The number of methoxy groups -OCH3 is 1. The molecule has 0 aliphatic carbocycles. The van der Waals surface area contributed by atoms with Gasteiger partial charge in [0.2, 0.25) is 5.91 Å². The summed E-state index contributed by atoms with van der Waals surface area (Å²) in [5.41, 5.74) is 4.53. The van der Waals surface area contributed by atoms with Crippen molar-refractivity contribution in [3.63, 3.8) is 0 Å². The highest BCUT2D eigenvalue weighted by Gasteiger charge is 2.19. The molecule has 6 aromatic rings. The molecule has 0 saturated heterocycles. The number of fused-ring (bicyclic) bond motifs is 2. The first kappa shape index (κ1) is 29.5. The number of carbonyl (C=O) groups excluding carboxylic acids is 1.